The van der Waals surface area contributed by atoms with Crippen molar-refractivity contribution in [3.63, 3.8) is 0 Å². The van der Waals surface area contributed by atoms with E-state index in [-0.39, 0.29) is 41.1 Å². The molecule has 7 nitrogen and oxygen atoms in total. The second-order valence-electron chi connectivity index (χ2n) is 5.44. The minimum Gasteiger partial charge on any atom is -0.508 e. The molecule has 0 saturated heterocycles. The van der Waals surface area contributed by atoms with E-state index in [2.05, 4.69) is 0 Å². The Balaban J connectivity index is 2.17. The third kappa shape index (κ3) is 2.19. The molecule has 2 unspecified atom stereocenters. The van der Waals surface area contributed by atoms with Crippen LogP contribution in [0.15, 0.2) is 21.3 Å². The van der Waals surface area contributed by atoms with Crippen molar-refractivity contribution in [3.05, 3.63) is 28.1 Å². The highest BCUT2D eigenvalue weighted by Crippen LogP contribution is 2.38. The molecule has 1 aliphatic carbocycles. The predicted molar refractivity (Wildman–Crippen MR) is 75.1 cm³/mol. The normalized spacial score (nSPS) is 22.1. The average molecular weight is 306 g/mol. The smallest absolute Gasteiger partial charge is 0.238 e. The first-order valence-corrected chi connectivity index (χ1v) is 6.81. The molecule has 1 aromatic carbocycles. The highest BCUT2D eigenvalue weighted by molar-refractivity contribution is 5.87. The summed E-state index contributed by atoms with van der Waals surface area (Å²) in [6.45, 7) is 0. The Hall–Kier alpha value is -2.54. The summed E-state index contributed by atoms with van der Waals surface area (Å²) < 4.78 is 5.45. The summed E-state index contributed by atoms with van der Waals surface area (Å²) in [7, 11) is 0. The van der Waals surface area contributed by atoms with Crippen LogP contribution < -0.4 is 5.43 Å². The van der Waals surface area contributed by atoms with E-state index in [1.165, 1.54) is 0 Å². The van der Waals surface area contributed by atoms with Crippen molar-refractivity contribution in [3.8, 4) is 17.2 Å². The summed E-state index contributed by atoms with van der Waals surface area (Å²) in [5, 5.41) is 38.4. The van der Waals surface area contributed by atoms with E-state index in [4.69, 9.17) is 4.42 Å². The van der Waals surface area contributed by atoms with Crippen molar-refractivity contribution in [2.24, 2.45) is 0 Å². The highest BCUT2D eigenvalue weighted by Gasteiger charge is 2.32. The zero-order valence-corrected chi connectivity index (χ0v) is 11.4. The summed E-state index contributed by atoms with van der Waals surface area (Å²) in [4.78, 5) is 23.8. The molecule has 0 radical (unpaired) electrons. The molecule has 0 bridgehead atoms. The number of aromatic hydroxyl groups is 3. The molecule has 22 heavy (non-hydrogen) atoms. The molecule has 1 heterocycles. The van der Waals surface area contributed by atoms with Crippen LogP contribution in [-0.4, -0.2) is 32.3 Å². The number of carbonyl (C=O) groups is 1. The SMILES string of the molecule is O=C1CC(c2oc3cc(O)cc(O)c3c(=O)c2O)CCC1O. The quantitative estimate of drug-likeness (QED) is 0.621. The van der Waals surface area contributed by atoms with Gasteiger partial charge in [0.15, 0.2) is 11.5 Å². The van der Waals surface area contributed by atoms with Crippen molar-refractivity contribution < 1.29 is 29.6 Å². The number of rotatable bonds is 1. The van der Waals surface area contributed by atoms with Crippen molar-refractivity contribution in [1.29, 1.82) is 0 Å². The Labute approximate surface area is 124 Å². The number of carbonyl (C=O) groups excluding carboxylic acids is 1. The molecule has 3 rings (SSSR count). The van der Waals surface area contributed by atoms with Crippen LogP contribution in [0.1, 0.15) is 30.9 Å². The van der Waals surface area contributed by atoms with E-state index in [1.807, 2.05) is 0 Å². The monoisotopic (exact) mass is 306 g/mol. The summed E-state index contributed by atoms with van der Waals surface area (Å²) in [6.07, 6.45) is -0.484. The lowest BCUT2D eigenvalue weighted by Crippen LogP contribution is -2.28. The van der Waals surface area contributed by atoms with Gasteiger partial charge in [-0.2, -0.15) is 0 Å². The molecule has 4 N–H and O–H groups in total. The van der Waals surface area contributed by atoms with Gasteiger partial charge in [-0.3, -0.25) is 9.59 Å². The van der Waals surface area contributed by atoms with Crippen LogP contribution in [0.3, 0.4) is 0 Å². The van der Waals surface area contributed by atoms with Crippen molar-refractivity contribution in [2.75, 3.05) is 0 Å². The van der Waals surface area contributed by atoms with E-state index in [9.17, 15) is 30.0 Å². The summed E-state index contributed by atoms with van der Waals surface area (Å²) in [6, 6.07) is 2.12. The average Bonchev–Trinajstić information content (AvgIpc) is 2.45. The summed E-state index contributed by atoms with van der Waals surface area (Å²) in [5.74, 6) is -2.43. The minimum atomic E-state index is -1.03. The second kappa shape index (κ2) is 5.03. The number of Topliss-reactive ketones (excluding diaryl/α,β-unsaturated/α-hetero) is 1. The molecule has 116 valence electrons. The molecule has 1 saturated carbocycles. The minimum absolute atomic E-state index is 0.0476. The number of ketones is 1. The van der Waals surface area contributed by atoms with Gasteiger partial charge in [0.2, 0.25) is 11.2 Å². The number of aliphatic hydroxyl groups excluding tert-OH is 1. The molecular weight excluding hydrogens is 292 g/mol. The van der Waals surface area contributed by atoms with Gasteiger partial charge in [-0.1, -0.05) is 0 Å². The largest absolute Gasteiger partial charge is 0.508 e. The topological polar surface area (TPSA) is 128 Å². The number of hydrogen-bond acceptors (Lipinski definition) is 7. The van der Waals surface area contributed by atoms with Crippen LogP contribution in [-0.2, 0) is 4.79 Å². The second-order valence-corrected chi connectivity index (χ2v) is 5.44. The lowest BCUT2D eigenvalue weighted by Gasteiger charge is -2.24. The van der Waals surface area contributed by atoms with Gasteiger partial charge in [0.1, 0.15) is 28.6 Å². The Morgan fingerprint density at radius 2 is 1.82 bits per heavy atom. The number of phenolic OH excluding ortho intramolecular Hbond substituents is 2. The van der Waals surface area contributed by atoms with Crippen molar-refractivity contribution in [2.45, 2.75) is 31.3 Å². The maximum Gasteiger partial charge on any atom is 0.238 e. The Morgan fingerprint density at radius 3 is 2.50 bits per heavy atom. The first-order valence-electron chi connectivity index (χ1n) is 6.81. The Bertz CT molecular complexity index is 821. The Kier molecular flexibility index (Phi) is 3.29. The maximum atomic E-state index is 12.2. The van der Waals surface area contributed by atoms with Crippen molar-refractivity contribution >= 4 is 16.8 Å². The molecule has 7 heteroatoms. The standard InChI is InChI=1S/C15H14O7/c16-7-4-10(19)12-11(5-7)22-15(14(21)13(12)20)6-1-2-8(17)9(18)3-6/h4-6,8,16-17,19,21H,1-3H2. The number of hydrogen-bond donors (Lipinski definition) is 4. The van der Waals surface area contributed by atoms with E-state index in [0.717, 1.165) is 12.1 Å². The van der Waals surface area contributed by atoms with E-state index in [0.29, 0.717) is 6.42 Å². The number of phenols is 2. The third-order valence-electron chi connectivity index (χ3n) is 3.94. The van der Waals surface area contributed by atoms with Crippen LogP contribution in [0.2, 0.25) is 0 Å². The number of aliphatic hydroxyl groups is 1. The van der Waals surface area contributed by atoms with Crippen LogP contribution in [0.4, 0.5) is 0 Å². The highest BCUT2D eigenvalue weighted by atomic mass is 16.4. The van der Waals surface area contributed by atoms with Gasteiger partial charge < -0.3 is 24.8 Å². The van der Waals surface area contributed by atoms with E-state index < -0.39 is 28.9 Å². The Morgan fingerprint density at radius 1 is 1.09 bits per heavy atom. The molecule has 1 fully saturated rings. The number of fused-ring (bicyclic) bond motifs is 1. The van der Waals surface area contributed by atoms with Gasteiger partial charge >= 0.3 is 0 Å². The van der Waals surface area contributed by atoms with Gasteiger partial charge in [0.05, 0.1) is 0 Å². The van der Waals surface area contributed by atoms with Crippen LogP contribution in [0.5, 0.6) is 17.2 Å². The van der Waals surface area contributed by atoms with Crippen LogP contribution >= 0.6 is 0 Å². The van der Waals surface area contributed by atoms with Gasteiger partial charge in [0.25, 0.3) is 0 Å². The van der Waals surface area contributed by atoms with Gasteiger partial charge in [-0.05, 0) is 12.8 Å². The van der Waals surface area contributed by atoms with Crippen LogP contribution in [0, 0.1) is 0 Å². The first-order chi connectivity index (χ1) is 10.4. The molecule has 1 aliphatic rings. The van der Waals surface area contributed by atoms with Crippen molar-refractivity contribution in [1.82, 2.24) is 0 Å². The summed E-state index contributed by atoms with van der Waals surface area (Å²) >= 11 is 0. The first kappa shape index (κ1) is 14.4. The van der Waals surface area contributed by atoms with Gasteiger partial charge in [-0.25, -0.2) is 0 Å². The fourth-order valence-corrected chi connectivity index (χ4v) is 2.79. The molecule has 0 amide bonds. The molecule has 1 aromatic heterocycles. The lowest BCUT2D eigenvalue weighted by molar-refractivity contribution is -0.130. The maximum absolute atomic E-state index is 12.2. The van der Waals surface area contributed by atoms with E-state index in [1.54, 1.807) is 0 Å². The number of benzene rings is 1. The van der Waals surface area contributed by atoms with Gasteiger partial charge in [0, 0.05) is 24.5 Å². The fraction of sp³-hybridized carbons (Fsp3) is 0.333. The molecule has 0 spiro atoms. The molecule has 2 atom stereocenters. The molecule has 2 aromatic rings. The summed E-state index contributed by atoms with van der Waals surface area (Å²) in [5.41, 5.74) is -0.902. The van der Waals surface area contributed by atoms with Crippen LogP contribution in [0.25, 0.3) is 11.0 Å². The lowest BCUT2D eigenvalue weighted by atomic mass is 9.84. The zero-order chi connectivity index (χ0) is 16.0. The predicted octanol–water partition coefficient (Wildman–Crippen LogP) is 1.11. The third-order valence-corrected chi connectivity index (χ3v) is 3.94. The molecular formula is C15H14O7. The van der Waals surface area contributed by atoms with E-state index >= 15 is 0 Å². The fourth-order valence-electron chi connectivity index (χ4n) is 2.79. The van der Waals surface area contributed by atoms with Gasteiger partial charge in [-0.15, -0.1) is 0 Å². The zero-order valence-electron chi connectivity index (χ0n) is 11.4. The molecule has 0 aliphatic heterocycles.